The largest absolute Gasteiger partial charge is 0.306 e. The van der Waals surface area contributed by atoms with Gasteiger partial charge in [0.25, 0.3) is 0 Å². The molecular formula is C12H20ClN3. The van der Waals surface area contributed by atoms with Crippen LogP contribution < -0.4 is 5.32 Å². The van der Waals surface area contributed by atoms with E-state index in [2.05, 4.69) is 24.3 Å². The predicted octanol–water partition coefficient (Wildman–Crippen LogP) is 2.90. The minimum Gasteiger partial charge on any atom is -0.306 e. The van der Waals surface area contributed by atoms with Crippen molar-refractivity contribution in [3.8, 4) is 0 Å². The van der Waals surface area contributed by atoms with Crippen molar-refractivity contribution in [3.63, 3.8) is 0 Å². The van der Waals surface area contributed by atoms with E-state index < -0.39 is 0 Å². The molecule has 0 amide bonds. The summed E-state index contributed by atoms with van der Waals surface area (Å²) in [6.45, 7) is 8.04. The van der Waals surface area contributed by atoms with Crippen molar-refractivity contribution >= 4 is 11.6 Å². The average Bonchev–Trinajstić information content (AvgIpc) is 2.50. The van der Waals surface area contributed by atoms with Crippen LogP contribution in [0.25, 0.3) is 0 Å². The predicted molar refractivity (Wildman–Crippen MR) is 66.7 cm³/mol. The zero-order valence-corrected chi connectivity index (χ0v) is 11.1. The lowest BCUT2D eigenvalue weighted by Crippen LogP contribution is -2.47. The molecule has 0 atom stereocenters. The molecule has 16 heavy (non-hydrogen) atoms. The number of hydrogen-bond acceptors (Lipinski definition) is 2. The molecule has 1 saturated carbocycles. The number of nitrogens with one attached hydrogen (secondary N) is 1. The van der Waals surface area contributed by atoms with Crippen LogP contribution >= 0.6 is 11.6 Å². The first kappa shape index (κ1) is 11.9. The molecule has 0 unspecified atom stereocenters. The smallest absolute Gasteiger partial charge is 0.0860 e. The summed E-state index contributed by atoms with van der Waals surface area (Å²) in [6, 6.07) is 0. The molecule has 0 saturated heterocycles. The highest BCUT2D eigenvalue weighted by molar-refractivity contribution is 6.31. The van der Waals surface area contributed by atoms with Gasteiger partial charge in [-0.2, -0.15) is 5.10 Å². The molecule has 1 N–H and O–H groups in total. The van der Waals surface area contributed by atoms with Crippen LogP contribution in [-0.2, 0) is 13.1 Å². The van der Waals surface area contributed by atoms with Gasteiger partial charge in [-0.15, -0.1) is 0 Å². The van der Waals surface area contributed by atoms with E-state index in [4.69, 9.17) is 11.6 Å². The Morgan fingerprint density at radius 1 is 1.50 bits per heavy atom. The van der Waals surface area contributed by atoms with Crippen molar-refractivity contribution in [2.75, 3.05) is 0 Å². The molecule has 0 spiro atoms. The third-order valence-electron chi connectivity index (χ3n) is 3.59. The average molecular weight is 242 g/mol. The number of rotatable bonds is 4. The Labute approximate surface area is 102 Å². The van der Waals surface area contributed by atoms with Gasteiger partial charge in [-0.25, -0.2) is 0 Å². The van der Waals surface area contributed by atoms with Crippen LogP contribution in [0, 0.1) is 6.92 Å². The van der Waals surface area contributed by atoms with Crippen molar-refractivity contribution < 1.29 is 0 Å². The van der Waals surface area contributed by atoms with E-state index in [1.807, 2.05) is 11.6 Å². The summed E-state index contributed by atoms with van der Waals surface area (Å²) in [4.78, 5) is 0. The van der Waals surface area contributed by atoms with Gasteiger partial charge in [-0.3, -0.25) is 4.68 Å². The quantitative estimate of drug-likeness (QED) is 0.879. The Morgan fingerprint density at radius 3 is 2.69 bits per heavy atom. The summed E-state index contributed by atoms with van der Waals surface area (Å²) >= 11 is 6.26. The van der Waals surface area contributed by atoms with Crippen LogP contribution in [0.4, 0.5) is 0 Å². The SMILES string of the molecule is CCn1nc(C)c(Cl)c1CNC1(C)CCC1. The Bertz CT molecular complexity index is 380. The fourth-order valence-corrected chi connectivity index (χ4v) is 2.42. The molecule has 0 radical (unpaired) electrons. The fourth-order valence-electron chi connectivity index (χ4n) is 2.22. The van der Waals surface area contributed by atoms with Crippen LogP contribution in [0.2, 0.25) is 5.02 Å². The van der Waals surface area contributed by atoms with E-state index in [9.17, 15) is 0 Å². The normalized spacial score (nSPS) is 18.5. The zero-order chi connectivity index (χ0) is 11.8. The molecule has 1 heterocycles. The summed E-state index contributed by atoms with van der Waals surface area (Å²) in [5, 5.41) is 8.83. The first-order valence-electron chi connectivity index (χ1n) is 6.02. The van der Waals surface area contributed by atoms with Crippen LogP contribution in [0.1, 0.15) is 44.5 Å². The summed E-state index contributed by atoms with van der Waals surface area (Å²) < 4.78 is 1.99. The second-order valence-electron chi connectivity index (χ2n) is 4.93. The minimum absolute atomic E-state index is 0.320. The van der Waals surface area contributed by atoms with Crippen molar-refractivity contribution in [2.45, 2.75) is 58.7 Å². The lowest BCUT2D eigenvalue weighted by Gasteiger charge is -2.39. The highest BCUT2D eigenvalue weighted by Crippen LogP contribution is 2.31. The van der Waals surface area contributed by atoms with Crippen molar-refractivity contribution in [1.29, 1.82) is 0 Å². The molecule has 0 bridgehead atoms. The second-order valence-corrected chi connectivity index (χ2v) is 5.31. The van der Waals surface area contributed by atoms with Gasteiger partial charge in [-0.05, 0) is 40.0 Å². The van der Waals surface area contributed by atoms with Crippen LogP contribution in [0.5, 0.6) is 0 Å². The van der Waals surface area contributed by atoms with Gasteiger partial charge < -0.3 is 5.32 Å². The fraction of sp³-hybridized carbons (Fsp3) is 0.750. The Morgan fingerprint density at radius 2 is 2.19 bits per heavy atom. The van der Waals surface area contributed by atoms with Gasteiger partial charge in [0.15, 0.2) is 0 Å². The van der Waals surface area contributed by atoms with E-state index in [-0.39, 0.29) is 0 Å². The molecule has 0 aliphatic heterocycles. The van der Waals surface area contributed by atoms with Gasteiger partial charge in [0.1, 0.15) is 0 Å². The molecule has 0 aromatic carbocycles. The number of aromatic nitrogens is 2. The molecular weight excluding hydrogens is 222 g/mol. The molecule has 1 aromatic heterocycles. The molecule has 1 aromatic rings. The van der Waals surface area contributed by atoms with Gasteiger partial charge in [-0.1, -0.05) is 11.6 Å². The third kappa shape index (κ3) is 2.11. The number of hydrogen-bond donors (Lipinski definition) is 1. The molecule has 3 nitrogen and oxygen atoms in total. The highest BCUT2D eigenvalue weighted by atomic mass is 35.5. The molecule has 2 rings (SSSR count). The van der Waals surface area contributed by atoms with E-state index >= 15 is 0 Å². The van der Waals surface area contributed by atoms with Crippen LogP contribution in [0.15, 0.2) is 0 Å². The molecule has 4 heteroatoms. The zero-order valence-electron chi connectivity index (χ0n) is 10.3. The van der Waals surface area contributed by atoms with Crippen LogP contribution in [0.3, 0.4) is 0 Å². The second kappa shape index (κ2) is 4.38. The highest BCUT2D eigenvalue weighted by Gasteiger charge is 2.31. The van der Waals surface area contributed by atoms with Gasteiger partial charge in [0.05, 0.1) is 16.4 Å². The van der Waals surface area contributed by atoms with Crippen molar-refractivity contribution in [3.05, 3.63) is 16.4 Å². The maximum atomic E-state index is 6.26. The van der Waals surface area contributed by atoms with Crippen molar-refractivity contribution in [1.82, 2.24) is 15.1 Å². The van der Waals surface area contributed by atoms with Crippen LogP contribution in [-0.4, -0.2) is 15.3 Å². The maximum absolute atomic E-state index is 6.26. The van der Waals surface area contributed by atoms with E-state index in [1.165, 1.54) is 19.3 Å². The van der Waals surface area contributed by atoms with Gasteiger partial charge in [0.2, 0.25) is 0 Å². The van der Waals surface area contributed by atoms with E-state index in [0.29, 0.717) is 5.54 Å². The van der Waals surface area contributed by atoms with Crippen molar-refractivity contribution in [2.24, 2.45) is 0 Å². The first-order chi connectivity index (χ1) is 7.56. The first-order valence-corrected chi connectivity index (χ1v) is 6.40. The Hall–Kier alpha value is -0.540. The minimum atomic E-state index is 0.320. The number of nitrogens with zero attached hydrogens (tertiary/aromatic N) is 2. The standard InChI is InChI=1S/C12H20ClN3/c1-4-16-10(11(13)9(2)15-16)8-14-12(3)6-5-7-12/h14H,4-8H2,1-3H3. The molecule has 90 valence electrons. The lowest BCUT2D eigenvalue weighted by atomic mass is 9.78. The summed E-state index contributed by atoms with van der Waals surface area (Å²) in [7, 11) is 0. The van der Waals surface area contributed by atoms with Gasteiger partial charge in [0, 0.05) is 18.6 Å². The number of aryl methyl sites for hydroxylation is 2. The van der Waals surface area contributed by atoms with Gasteiger partial charge >= 0.3 is 0 Å². The third-order valence-corrected chi connectivity index (χ3v) is 4.08. The summed E-state index contributed by atoms with van der Waals surface area (Å²) in [6.07, 6.45) is 3.87. The molecule has 1 aliphatic rings. The van der Waals surface area contributed by atoms with E-state index in [0.717, 1.165) is 29.5 Å². The monoisotopic (exact) mass is 241 g/mol. The summed E-state index contributed by atoms with van der Waals surface area (Å²) in [5.41, 5.74) is 2.37. The maximum Gasteiger partial charge on any atom is 0.0860 e. The topological polar surface area (TPSA) is 29.9 Å². The molecule has 1 aliphatic carbocycles. The number of halogens is 1. The summed E-state index contributed by atoms with van der Waals surface area (Å²) in [5.74, 6) is 0. The lowest BCUT2D eigenvalue weighted by molar-refractivity contribution is 0.205. The Balaban J connectivity index is 2.08. The molecule has 1 fully saturated rings. The van der Waals surface area contributed by atoms with E-state index in [1.54, 1.807) is 0 Å². The Kier molecular flexibility index (Phi) is 3.27.